The molecule has 0 saturated carbocycles. The Kier molecular flexibility index (Phi) is 9.81. The van der Waals surface area contributed by atoms with Gasteiger partial charge >= 0.3 is 0 Å². The monoisotopic (exact) mass is 429 g/mol. The minimum atomic E-state index is 0.0138. The van der Waals surface area contributed by atoms with E-state index in [1.807, 2.05) is 57.2 Å². The van der Waals surface area contributed by atoms with Crippen LogP contribution in [-0.4, -0.2) is 39.9 Å². The van der Waals surface area contributed by atoms with Crippen LogP contribution in [0.5, 0.6) is 23.0 Å². The Labute approximate surface area is 185 Å². The summed E-state index contributed by atoms with van der Waals surface area (Å²) < 4.78 is 22.3. The van der Waals surface area contributed by atoms with Crippen molar-refractivity contribution < 1.29 is 18.9 Å². The van der Waals surface area contributed by atoms with E-state index < -0.39 is 0 Å². The van der Waals surface area contributed by atoms with Crippen molar-refractivity contribution in [3.05, 3.63) is 47.5 Å². The minimum Gasteiger partial charge on any atom is -0.493 e. The zero-order valence-electron chi connectivity index (χ0n) is 19.5. The third kappa shape index (κ3) is 6.70. The van der Waals surface area contributed by atoms with Gasteiger partial charge in [0.2, 0.25) is 0 Å². The highest BCUT2D eigenvalue weighted by Gasteiger charge is 2.13. The SMILES string of the molecule is CCNC(=NCc1cccc(OC)c1OC)NC(C)c1ccc(OCC)c(OCC)c1. The van der Waals surface area contributed by atoms with E-state index in [0.717, 1.165) is 29.2 Å². The lowest BCUT2D eigenvalue weighted by atomic mass is 10.1. The maximum Gasteiger partial charge on any atom is 0.192 e. The molecule has 0 saturated heterocycles. The lowest BCUT2D eigenvalue weighted by Crippen LogP contribution is -2.38. The van der Waals surface area contributed by atoms with Gasteiger partial charge in [-0.3, -0.25) is 0 Å². The Balaban J connectivity index is 2.20. The van der Waals surface area contributed by atoms with E-state index in [-0.39, 0.29) is 6.04 Å². The molecule has 0 aromatic heterocycles. The van der Waals surface area contributed by atoms with Crippen LogP contribution in [0.4, 0.5) is 0 Å². The molecule has 7 heteroatoms. The molecule has 0 aliphatic carbocycles. The van der Waals surface area contributed by atoms with Crippen molar-refractivity contribution in [2.75, 3.05) is 34.0 Å². The van der Waals surface area contributed by atoms with Crippen molar-refractivity contribution in [1.29, 1.82) is 0 Å². The van der Waals surface area contributed by atoms with Gasteiger partial charge in [0.25, 0.3) is 0 Å². The smallest absolute Gasteiger partial charge is 0.192 e. The Morgan fingerprint density at radius 3 is 2.32 bits per heavy atom. The van der Waals surface area contributed by atoms with Gasteiger partial charge in [-0.25, -0.2) is 4.99 Å². The minimum absolute atomic E-state index is 0.0138. The number of methoxy groups -OCH3 is 2. The average Bonchev–Trinajstić information content (AvgIpc) is 2.78. The van der Waals surface area contributed by atoms with E-state index in [4.69, 9.17) is 23.9 Å². The third-order valence-corrected chi connectivity index (χ3v) is 4.66. The molecule has 2 aromatic rings. The molecular weight excluding hydrogens is 394 g/mol. The van der Waals surface area contributed by atoms with Crippen LogP contribution < -0.4 is 29.6 Å². The van der Waals surface area contributed by atoms with Gasteiger partial charge in [-0.1, -0.05) is 18.2 Å². The summed E-state index contributed by atoms with van der Waals surface area (Å²) in [5.74, 6) is 3.61. The van der Waals surface area contributed by atoms with E-state index in [9.17, 15) is 0 Å². The number of ether oxygens (including phenoxy) is 4. The molecule has 0 aliphatic rings. The van der Waals surface area contributed by atoms with Crippen molar-refractivity contribution >= 4 is 5.96 Å². The van der Waals surface area contributed by atoms with Crippen LogP contribution in [0.15, 0.2) is 41.4 Å². The topological polar surface area (TPSA) is 73.3 Å². The van der Waals surface area contributed by atoms with E-state index in [1.165, 1.54) is 0 Å². The van der Waals surface area contributed by atoms with Crippen LogP contribution in [0.3, 0.4) is 0 Å². The molecule has 0 spiro atoms. The molecule has 2 N–H and O–H groups in total. The van der Waals surface area contributed by atoms with Crippen LogP contribution in [0.1, 0.15) is 44.9 Å². The van der Waals surface area contributed by atoms with Crippen LogP contribution in [0.2, 0.25) is 0 Å². The first-order valence-electron chi connectivity index (χ1n) is 10.7. The molecule has 1 atom stereocenters. The first-order chi connectivity index (χ1) is 15.1. The fourth-order valence-corrected chi connectivity index (χ4v) is 3.19. The van der Waals surface area contributed by atoms with Gasteiger partial charge in [0.1, 0.15) is 0 Å². The van der Waals surface area contributed by atoms with Crippen molar-refractivity contribution in [1.82, 2.24) is 10.6 Å². The summed E-state index contributed by atoms with van der Waals surface area (Å²) >= 11 is 0. The van der Waals surface area contributed by atoms with Crippen molar-refractivity contribution in [3.63, 3.8) is 0 Å². The summed E-state index contributed by atoms with van der Waals surface area (Å²) in [6.45, 7) is 10.4. The molecule has 2 aromatic carbocycles. The zero-order chi connectivity index (χ0) is 22.6. The molecular formula is C24H35N3O4. The maximum atomic E-state index is 5.76. The Bertz CT molecular complexity index is 855. The van der Waals surface area contributed by atoms with Crippen LogP contribution in [0.25, 0.3) is 0 Å². The second-order valence-electron chi connectivity index (χ2n) is 6.79. The average molecular weight is 430 g/mol. The predicted molar refractivity (Wildman–Crippen MR) is 125 cm³/mol. The molecule has 7 nitrogen and oxygen atoms in total. The number of nitrogens with zero attached hydrogens (tertiary/aromatic N) is 1. The number of rotatable bonds is 11. The summed E-state index contributed by atoms with van der Waals surface area (Å²) in [6, 6.07) is 11.8. The summed E-state index contributed by atoms with van der Waals surface area (Å²) in [6.07, 6.45) is 0. The number of hydrogen-bond donors (Lipinski definition) is 2. The van der Waals surface area contributed by atoms with Gasteiger partial charge in [-0.05, 0) is 51.5 Å². The second kappa shape index (κ2) is 12.6. The quantitative estimate of drug-likeness (QED) is 0.409. The molecule has 0 heterocycles. The van der Waals surface area contributed by atoms with Crippen LogP contribution in [0, 0.1) is 0 Å². The normalized spacial score (nSPS) is 12.1. The standard InChI is InChI=1S/C24H35N3O4/c1-7-25-24(26-16-19-11-10-12-21(28-5)23(19)29-6)27-17(4)18-13-14-20(30-8-2)22(15-18)31-9-3/h10-15,17H,7-9,16H2,1-6H3,(H2,25,26,27). The molecule has 0 bridgehead atoms. The summed E-state index contributed by atoms with van der Waals surface area (Å²) in [5, 5.41) is 6.76. The van der Waals surface area contributed by atoms with Gasteiger partial charge in [0.05, 0.1) is 40.0 Å². The number of nitrogens with one attached hydrogen (secondary N) is 2. The summed E-state index contributed by atoms with van der Waals surface area (Å²) in [5.41, 5.74) is 2.03. The lowest BCUT2D eigenvalue weighted by molar-refractivity contribution is 0.287. The Hall–Kier alpha value is -3.09. The molecule has 0 aliphatic heterocycles. The fraction of sp³-hybridized carbons (Fsp3) is 0.458. The number of aliphatic imine (C=N–C) groups is 1. The third-order valence-electron chi connectivity index (χ3n) is 4.66. The maximum absolute atomic E-state index is 5.76. The predicted octanol–water partition coefficient (Wildman–Crippen LogP) is 4.32. The first-order valence-corrected chi connectivity index (χ1v) is 10.7. The molecule has 2 rings (SSSR count). The van der Waals surface area contributed by atoms with Gasteiger partial charge in [0, 0.05) is 12.1 Å². The molecule has 170 valence electrons. The van der Waals surface area contributed by atoms with Gasteiger partial charge in [-0.15, -0.1) is 0 Å². The summed E-state index contributed by atoms with van der Waals surface area (Å²) in [7, 11) is 3.27. The largest absolute Gasteiger partial charge is 0.493 e. The highest BCUT2D eigenvalue weighted by molar-refractivity contribution is 5.80. The Morgan fingerprint density at radius 1 is 0.935 bits per heavy atom. The highest BCUT2D eigenvalue weighted by atomic mass is 16.5. The number of benzene rings is 2. The van der Waals surface area contributed by atoms with Gasteiger partial charge in [0.15, 0.2) is 29.0 Å². The van der Waals surface area contributed by atoms with Crippen molar-refractivity contribution in [3.8, 4) is 23.0 Å². The number of guanidine groups is 1. The lowest BCUT2D eigenvalue weighted by Gasteiger charge is -2.20. The van der Waals surface area contributed by atoms with E-state index in [1.54, 1.807) is 14.2 Å². The molecule has 31 heavy (non-hydrogen) atoms. The molecule has 0 amide bonds. The van der Waals surface area contributed by atoms with Crippen LogP contribution in [-0.2, 0) is 6.54 Å². The Morgan fingerprint density at radius 2 is 1.68 bits per heavy atom. The second-order valence-corrected chi connectivity index (χ2v) is 6.79. The van der Waals surface area contributed by atoms with Crippen LogP contribution >= 0.6 is 0 Å². The van der Waals surface area contributed by atoms with E-state index in [0.29, 0.717) is 37.2 Å². The number of para-hydroxylation sites is 1. The van der Waals surface area contributed by atoms with Crippen molar-refractivity contribution in [2.45, 2.75) is 40.3 Å². The zero-order valence-corrected chi connectivity index (χ0v) is 19.5. The van der Waals surface area contributed by atoms with Gasteiger partial charge in [-0.2, -0.15) is 0 Å². The molecule has 1 unspecified atom stereocenters. The van der Waals surface area contributed by atoms with Crippen molar-refractivity contribution in [2.24, 2.45) is 4.99 Å². The summed E-state index contributed by atoms with van der Waals surface area (Å²) in [4.78, 5) is 4.74. The number of hydrogen-bond acceptors (Lipinski definition) is 5. The fourth-order valence-electron chi connectivity index (χ4n) is 3.19. The van der Waals surface area contributed by atoms with Gasteiger partial charge < -0.3 is 29.6 Å². The van der Waals surface area contributed by atoms with E-state index >= 15 is 0 Å². The molecule has 0 fully saturated rings. The first kappa shape index (κ1) is 24.2. The highest BCUT2D eigenvalue weighted by Crippen LogP contribution is 2.32. The van der Waals surface area contributed by atoms with E-state index in [2.05, 4.69) is 17.6 Å². The molecule has 0 radical (unpaired) electrons.